The topological polar surface area (TPSA) is 35.5 Å². The number of ether oxygens (including phenoxy) is 2. The van der Waals surface area contributed by atoms with Gasteiger partial charge in [-0.05, 0) is 37.6 Å². The molecule has 0 saturated heterocycles. The molecule has 0 bridgehead atoms. The van der Waals surface area contributed by atoms with Crippen LogP contribution in [-0.4, -0.2) is 19.5 Å². The van der Waals surface area contributed by atoms with Crippen molar-refractivity contribution in [2.24, 2.45) is 0 Å². The maximum Gasteiger partial charge on any atom is 0.161 e. The number of methoxy groups -OCH3 is 1. The number of allylic oxidation sites excluding steroid dienone is 3. The van der Waals surface area contributed by atoms with Gasteiger partial charge in [0, 0.05) is 5.56 Å². The minimum Gasteiger partial charge on any atom is -0.493 e. The van der Waals surface area contributed by atoms with Crippen LogP contribution < -0.4 is 9.47 Å². The van der Waals surface area contributed by atoms with Gasteiger partial charge in [-0.1, -0.05) is 30.9 Å². The number of benzene rings is 1. The van der Waals surface area contributed by atoms with Crippen molar-refractivity contribution in [2.75, 3.05) is 13.7 Å². The third kappa shape index (κ3) is 4.43. The fourth-order valence-corrected chi connectivity index (χ4v) is 1.56. The van der Waals surface area contributed by atoms with Gasteiger partial charge in [0.15, 0.2) is 17.3 Å². The molecule has 0 heterocycles. The Morgan fingerprint density at radius 3 is 2.65 bits per heavy atom. The van der Waals surface area contributed by atoms with Crippen LogP contribution in [0.2, 0.25) is 0 Å². The smallest absolute Gasteiger partial charge is 0.161 e. The van der Waals surface area contributed by atoms with Gasteiger partial charge in [-0.15, -0.1) is 0 Å². The molecule has 0 aliphatic rings. The van der Waals surface area contributed by atoms with E-state index >= 15 is 0 Å². The van der Waals surface area contributed by atoms with Crippen molar-refractivity contribution in [3.05, 3.63) is 60.2 Å². The Hall–Kier alpha value is -2.29. The van der Waals surface area contributed by atoms with Crippen LogP contribution in [0.5, 0.6) is 11.5 Å². The molecular formula is C17H20O3. The Bertz CT molecular complexity index is 539. The predicted molar refractivity (Wildman–Crippen MR) is 81.6 cm³/mol. The van der Waals surface area contributed by atoms with E-state index in [9.17, 15) is 4.79 Å². The third-order valence-electron chi connectivity index (χ3n) is 2.73. The molecule has 1 rings (SSSR count). The largest absolute Gasteiger partial charge is 0.493 e. The highest BCUT2D eigenvalue weighted by atomic mass is 16.5. The third-order valence-corrected chi connectivity index (χ3v) is 2.73. The lowest BCUT2D eigenvalue weighted by molar-refractivity contribution is 0.101. The zero-order valence-electron chi connectivity index (χ0n) is 12.2. The molecule has 3 nitrogen and oxygen atoms in total. The number of hydrogen-bond acceptors (Lipinski definition) is 3. The minimum absolute atomic E-state index is 0.00499. The number of carbonyl (C=O) groups excluding carboxylic acids is 1. The monoisotopic (exact) mass is 272 g/mol. The van der Waals surface area contributed by atoms with Crippen molar-refractivity contribution in [1.82, 2.24) is 0 Å². The second-order valence-corrected chi connectivity index (χ2v) is 4.18. The molecule has 0 aliphatic heterocycles. The number of hydrogen-bond donors (Lipinski definition) is 0. The molecule has 3 heteroatoms. The van der Waals surface area contributed by atoms with Gasteiger partial charge in [0.1, 0.15) is 6.61 Å². The van der Waals surface area contributed by atoms with E-state index in [1.807, 2.05) is 25.2 Å². The Morgan fingerprint density at radius 1 is 1.35 bits per heavy atom. The molecule has 0 amide bonds. The Balaban J connectivity index is 2.87. The Morgan fingerprint density at radius 2 is 2.10 bits per heavy atom. The van der Waals surface area contributed by atoms with Crippen LogP contribution in [0.1, 0.15) is 24.2 Å². The zero-order valence-corrected chi connectivity index (χ0v) is 12.2. The van der Waals surface area contributed by atoms with Crippen molar-refractivity contribution in [3.8, 4) is 11.5 Å². The highest BCUT2D eigenvalue weighted by Crippen LogP contribution is 2.28. The number of carbonyl (C=O) groups is 1. The second kappa shape index (κ2) is 8.00. The number of ketones is 1. The quantitative estimate of drug-likeness (QED) is 0.556. The molecule has 0 atom stereocenters. The van der Waals surface area contributed by atoms with E-state index in [-0.39, 0.29) is 5.78 Å². The number of rotatable bonds is 7. The molecule has 1 aromatic carbocycles. The van der Waals surface area contributed by atoms with Gasteiger partial charge in [0.2, 0.25) is 0 Å². The first-order valence-electron chi connectivity index (χ1n) is 6.38. The second-order valence-electron chi connectivity index (χ2n) is 4.18. The van der Waals surface area contributed by atoms with E-state index in [2.05, 4.69) is 6.58 Å². The SMILES string of the molecule is C=C/C(=C\C=C/C)COc1ccc(C(C)=O)cc1OC. The fourth-order valence-electron chi connectivity index (χ4n) is 1.56. The molecule has 0 aromatic heterocycles. The molecule has 1 aromatic rings. The summed E-state index contributed by atoms with van der Waals surface area (Å²) in [6.07, 6.45) is 7.54. The van der Waals surface area contributed by atoms with Crippen LogP contribution in [0.25, 0.3) is 0 Å². The Labute approximate surface area is 120 Å². The van der Waals surface area contributed by atoms with Gasteiger partial charge >= 0.3 is 0 Å². The molecule has 0 radical (unpaired) electrons. The first-order chi connectivity index (χ1) is 9.62. The van der Waals surface area contributed by atoms with Crippen LogP contribution in [0.15, 0.2) is 54.7 Å². The minimum atomic E-state index is -0.00499. The average molecular weight is 272 g/mol. The molecule has 20 heavy (non-hydrogen) atoms. The lowest BCUT2D eigenvalue weighted by Gasteiger charge is -2.11. The van der Waals surface area contributed by atoms with Crippen LogP contribution in [0.3, 0.4) is 0 Å². The van der Waals surface area contributed by atoms with Crippen LogP contribution >= 0.6 is 0 Å². The molecule has 0 saturated carbocycles. The molecule has 0 aliphatic carbocycles. The average Bonchev–Trinajstić information content (AvgIpc) is 2.47. The van der Waals surface area contributed by atoms with Crippen LogP contribution in [-0.2, 0) is 0 Å². The van der Waals surface area contributed by atoms with Gasteiger partial charge in [-0.2, -0.15) is 0 Å². The molecule has 0 unspecified atom stereocenters. The zero-order chi connectivity index (χ0) is 15.0. The normalized spacial score (nSPS) is 11.4. The van der Waals surface area contributed by atoms with Gasteiger partial charge in [-0.3, -0.25) is 4.79 Å². The maximum atomic E-state index is 11.3. The lowest BCUT2D eigenvalue weighted by Crippen LogP contribution is -2.02. The molecule has 0 fully saturated rings. The van der Waals surface area contributed by atoms with E-state index in [0.717, 1.165) is 5.57 Å². The first-order valence-corrected chi connectivity index (χ1v) is 6.38. The van der Waals surface area contributed by atoms with Gasteiger partial charge in [0.05, 0.1) is 7.11 Å². The lowest BCUT2D eigenvalue weighted by atomic mass is 10.1. The van der Waals surface area contributed by atoms with E-state index < -0.39 is 0 Å². The van der Waals surface area contributed by atoms with Crippen molar-refractivity contribution >= 4 is 5.78 Å². The van der Waals surface area contributed by atoms with Crippen molar-refractivity contribution in [2.45, 2.75) is 13.8 Å². The first kappa shape index (κ1) is 15.8. The van der Waals surface area contributed by atoms with Crippen LogP contribution in [0.4, 0.5) is 0 Å². The summed E-state index contributed by atoms with van der Waals surface area (Å²) in [7, 11) is 1.55. The Kier molecular flexibility index (Phi) is 6.30. The predicted octanol–water partition coefficient (Wildman–Crippen LogP) is 3.97. The highest BCUT2D eigenvalue weighted by Gasteiger charge is 2.08. The van der Waals surface area contributed by atoms with E-state index in [1.54, 1.807) is 31.4 Å². The molecule has 0 N–H and O–H groups in total. The summed E-state index contributed by atoms with van der Waals surface area (Å²) in [6, 6.07) is 5.15. The highest BCUT2D eigenvalue weighted by molar-refractivity contribution is 5.94. The van der Waals surface area contributed by atoms with Gasteiger partial charge in [0.25, 0.3) is 0 Å². The standard InChI is InChI=1S/C17H20O3/c1-5-7-8-14(6-2)12-20-16-10-9-15(13(3)18)11-17(16)19-4/h5-11H,2,12H2,1,3-4H3/b7-5-,14-8+. The summed E-state index contributed by atoms with van der Waals surface area (Å²) >= 11 is 0. The summed E-state index contributed by atoms with van der Waals surface area (Å²) in [5.41, 5.74) is 1.56. The molecular weight excluding hydrogens is 252 g/mol. The van der Waals surface area contributed by atoms with Gasteiger partial charge < -0.3 is 9.47 Å². The van der Waals surface area contributed by atoms with Crippen molar-refractivity contribution < 1.29 is 14.3 Å². The fraction of sp³-hybridized carbons (Fsp3) is 0.235. The van der Waals surface area contributed by atoms with Crippen molar-refractivity contribution in [3.63, 3.8) is 0 Å². The summed E-state index contributed by atoms with van der Waals surface area (Å²) in [4.78, 5) is 11.3. The van der Waals surface area contributed by atoms with E-state index in [4.69, 9.17) is 9.47 Å². The number of Topliss-reactive ketones (excluding diaryl/α,β-unsaturated/α-hetero) is 1. The van der Waals surface area contributed by atoms with Gasteiger partial charge in [-0.25, -0.2) is 0 Å². The molecule has 0 spiro atoms. The maximum absolute atomic E-state index is 11.3. The molecule has 106 valence electrons. The summed E-state index contributed by atoms with van der Waals surface area (Å²) in [6.45, 7) is 7.61. The van der Waals surface area contributed by atoms with Crippen molar-refractivity contribution in [1.29, 1.82) is 0 Å². The van der Waals surface area contributed by atoms with E-state index in [1.165, 1.54) is 6.92 Å². The van der Waals surface area contributed by atoms with E-state index in [0.29, 0.717) is 23.7 Å². The summed E-state index contributed by atoms with van der Waals surface area (Å²) in [5, 5.41) is 0. The van der Waals surface area contributed by atoms with Crippen LogP contribution in [0, 0.1) is 0 Å². The summed E-state index contributed by atoms with van der Waals surface area (Å²) in [5.74, 6) is 1.15. The summed E-state index contributed by atoms with van der Waals surface area (Å²) < 4.78 is 10.9.